The number of nitrogens with zero attached hydrogens (tertiary/aromatic N) is 4. The number of aromatic nitrogens is 2. The number of nitrogens with one attached hydrogen (secondary N) is 2. The number of hydrogen-bond donors (Lipinski definition) is 2. The Morgan fingerprint density at radius 1 is 1.29 bits per heavy atom. The van der Waals surface area contributed by atoms with Crippen molar-refractivity contribution in [3.05, 3.63) is 43.7 Å². The van der Waals surface area contributed by atoms with Crippen LogP contribution in [0, 0.1) is 0 Å². The molecule has 126 valence electrons. The maximum atomic E-state index is 12.6. The summed E-state index contributed by atoms with van der Waals surface area (Å²) in [5, 5.41) is 0. The van der Waals surface area contributed by atoms with Crippen LogP contribution in [0.4, 0.5) is 4.79 Å². The molecule has 0 radical (unpaired) electrons. The number of hydrogen-bond acceptors (Lipinski definition) is 5. The van der Waals surface area contributed by atoms with Gasteiger partial charge in [-0.25, -0.2) is 9.79 Å². The van der Waals surface area contributed by atoms with Crippen molar-refractivity contribution in [2.24, 2.45) is 4.99 Å². The number of aromatic amines is 1. The molecule has 1 saturated heterocycles. The number of fused-ring (bicyclic) bond motifs is 2. The fourth-order valence-electron chi connectivity index (χ4n) is 3.15. The first-order chi connectivity index (χ1) is 11.6. The summed E-state index contributed by atoms with van der Waals surface area (Å²) in [5.41, 5.74) is 3.90. The highest BCUT2D eigenvalue weighted by Crippen LogP contribution is 2.23. The standard InChI is InChI=1S/C15H18N6O2S/c1-3-19-11-12(20(4-2)15(19)23)18-21-13(22)10(24-14(21)17-11)8-9-6-5-7-16-9/h5-8,11-12,16,18H,3-4H2,1-2H3/b10-8-. The fourth-order valence-corrected chi connectivity index (χ4v) is 4.10. The van der Waals surface area contributed by atoms with Crippen molar-refractivity contribution < 1.29 is 4.79 Å². The lowest BCUT2D eigenvalue weighted by molar-refractivity contribution is 0.189. The number of rotatable bonds is 3. The molecule has 0 spiro atoms. The van der Waals surface area contributed by atoms with Crippen LogP contribution >= 0.6 is 11.3 Å². The molecule has 0 saturated carbocycles. The van der Waals surface area contributed by atoms with Crippen LogP contribution < -0.4 is 20.3 Å². The number of amides is 2. The van der Waals surface area contributed by atoms with E-state index in [2.05, 4.69) is 15.4 Å². The minimum Gasteiger partial charge on any atom is -0.362 e. The Morgan fingerprint density at radius 2 is 2.08 bits per heavy atom. The summed E-state index contributed by atoms with van der Waals surface area (Å²) in [6.07, 6.45) is 3.00. The molecule has 0 aromatic carbocycles. The van der Waals surface area contributed by atoms with Gasteiger partial charge in [-0.1, -0.05) is 11.3 Å². The minimum absolute atomic E-state index is 0.0485. The zero-order valence-electron chi connectivity index (χ0n) is 13.4. The SMILES string of the molecule is CCN1C(=O)N(CC)C2Nn3c(s/c(=C\c4ccc[nH]4)c3=O)=NC21. The van der Waals surface area contributed by atoms with Gasteiger partial charge in [-0.05, 0) is 32.1 Å². The van der Waals surface area contributed by atoms with E-state index in [-0.39, 0.29) is 23.9 Å². The van der Waals surface area contributed by atoms with Crippen LogP contribution in [0.3, 0.4) is 0 Å². The van der Waals surface area contributed by atoms with Crippen molar-refractivity contribution in [3.8, 4) is 0 Å². The number of carbonyl (C=O) groups is 1. The molecule has 2 amide bonds. The van der Waals surface area contributed by atoms with Crippen molar-refractivity contribution >= 4 is 23.4 Å². The molecule has 2 aliphatic rings. The molecule has 2 unspecified atom stereocenters. The van der Waals surface area contributed by atoms with E-state index in [1.807, 2.05) is 38.3 Å². The van der Waals surface area contributed by atoms with Gasteiger partial charge in [0.25, 0.3) is 5.56 Å². The Morgan fingerprint density at radius 3 is 2.75 bits per heavy atom. The van der Waals surface area contributed by atoms with Crippen LogP contribution in [0.1, 0.15) is 19.5 Å². The van der Waals surface area contributed by atoms with E-state index in [0.29, 0.717) is 22.4 Å². The van der Waals surface area contributed by atoms with Gasteiger partial charge in [0.2, 0.25) is 4.80 Å². The molecule has 8 nitrogen and oxygen atoms in total. The van der Waals surface area contributed by atoms with E-state index in [1.165, 1.54) is 16.0 Å². The zero-order valence-corrected chi connectivity index (χ0v) is 14.2. The summed E-state index contributed by atoms with van der Waals surface area (Å²) in [5.74, 6) is 0. The lowest BCUT2D eigenvalue weighted by Crippen LogP contribution is -2.55. The van der Waals surface area contributed by atoms with Gasteiger partial charge in [0.15, 0.2) is 12.3 Å². The molecular formula is C15H18N6O2S. The highest BCUT2D eigenvalue weighted by atomic mass is 32.1. The summed E-state index contributed by atoms with van der Waals surface area (Å²) >= 11 is 1.32. The van der Waals surface area contributed by atoms with E-state index in [4.69, 9.17) is 0 Å². The average molecular weight is 346 g/mol. The second-order valence-corrected chi connectivity index (χ2v) is 6.64. The third-order valence-electron chi connectivity index (χ3n) is 4.33. The van der Waals surface area contributed by atoms with Gasteiger partial charge in [0, 0.05) is 25.0 Å². The quantitative estimate of drug-likeness (QED) is 0.798. The van der Waals surface area contributed by atoms with Crippen molar-refractivity contribution in [1.29, 1.82) is 0 Å². The number of H-pyrrole nitrogens is 1. The predicted octanol–water partition coefficient (Wildman–Crippen LogP) is -0.327. The van der Waals surface area contributed by atoms with Crippen LogP contribution in [0.2, 0.25) is 0 Å². The number of carbonyl (C=O) groups excluding carboxylic acids is 1. The van der Waals surface area contributed by atoms with Crippen LogP contribution in [0.5, 0.6) is 0 Å². The Kier molecular flexibility index (Phi) is 3.45. The van der Waals surface area contributed by atoms with Gasteiger partial charge < -0.3 is 4.98 Å². The van der Waals surface area contributed by atoms with Crippen LogP contribution in [0.25, 0.3) is 6.08 Å². The predicted molar refractivity (Wildman–Crippen MR) is 90.8 cm³/mol. The molecule has 2 aromatic rings. The molecule has 0 bridgehead atoms. The third-order valence-corrected chi connectivity index (χ3v) is 5.31. The van der Waals surface area contributed by atoms with Crippen molar-refractivity contribution in [1.82, 2.24) is 19.5 Å². The lowest BCUT2D eigenvalue weighted by atomic mass is 10.3. The van der Waals surface area contributed by atoms with Gasteiger partial charge >= 0.3 is 6.03 Å². The van der Waals surface area contributed by atoms with Crippen molar-refractivity contribution in [3.63, 3.8) is 0 Å². The minimum atomic E-state index is -0.319. The average Bonchev–Trinajstić information content (AvgIpc) is 3.24. The first kappa shape index (κ1) is 15.0. The monoisotopic (exact) mass is 346 g/mol. The van der Waals surface area contributed by atoms with E-state index >= 15 is 0 Å². The van der Waals surface area contributed by atoms with Gasteiger partial charge in [-0.15, -0.1) is 0 Å². The molecule has 9 heteroatoms. The van der Waals surface area contributed by atoms with E-state index in [9.17, 15) is 9.59 Å². The van der Waals surface area contributed by atoms with E-state index < -0.39 is 0 Å². The second-order valence-electron chi connectivity index (χ2n) is 5.63. The maximum Gasteiger partial charge on any atom is 0.323 e. The molecule has 2 N–H and O–H groups in total. The topological polar surface area (TPSA) is 85.7 Å². The largest absolute Gasteiger partial charge is 0.362 e. The first-order valence-corrected chi connectivity index (χ1v) is 8.74. The van der Waals surface area contributed by atoms with Crippen molar-refractivity contribution in [2.75, 3.05) is 18.5 Å². The summed E-state index contributed by atoms with van der Waals surface area (Å²) in [6, 6.07) is 3.74. The fraction of sp³-hybridized carbons (Fsp3) is 0.400. The van der Waals surface area contributed by atoms with Crippen molar-refractivity contribution in [2.45, 2.75) is 26.2 Å². The molecule has 4 heterocycles. The Balaban J connectivity index is 1.83. The summed E-state index contributed by atoms with van der Waals surface area (Å²) in [6.45, 7) is 5.00. The van der Waals surface area contributed by atoms with Crippen LogP contribution in [-0.2, 0) is 0 Å². The van der Waals surface area contributed by atoms with Crippen LogP contribution in [0.15, 0.2) is 28.1 Å². The summed E-state index contributed by atoms with van der Waals surface area (Å²) in [7, 11) is 0. The number of thiazole rings is 1. The zero-order chi connectivity index (χ0) is 16.8. The molecule has 2 aromatic heterocycles. The summed E-state index contributed by atoms with van der Waals surface area (Å²) in [4.78, 5) is 36.8. The smallest absolute Gasteiger partial charge is 0.323 e. The Hall–Kier alpha value is -2.55. The number of likely N-dealkylation sites (N-methyl/N-ethyl adjacent to an activating group) is 2. The van der Waals surface area contributed by atoms with Gasteiger partial charge in [-0.2, -0.15) is 4.68 Å². The molecule has 0 aliphatic carbocycles. The Bertz CT molecular complexity index is 944. The van der Waals surface area contributed by atoms with Gasteiger partial charge in [0.1, 0.15) is 0 Å². The summed E-state index contributed by atoms with van der Waals surface area (Å²) < 4.78 is 2.05. The number of urea groups is 1. The molecule has 2 atom stereocenters. The third kappa shape index (κ3) is 2.08. The highest BCUT2D eigenvalue weighted by molar-refractivity contribution is 7.07. The molecular weight excluding hydrogens is 328 g/mol. The molecule has 4 rings (SSSR count). The second kappa shape index (κ2) is 5.52. The van der Waals surface area contributed by atoms with Gasteiger partial charge in [0.05, 0.1) is 4.53 Å². The first-order valence-electron chi connectivity index (χ1n) is 7.92. The Labute approximate surface area is 141 Å². The van der Waals surface area contributed by atoms with Gasteiger partial charge in [-0.3, -0.25) is 20.0 Å². The molecule has 2 aliphatic heterocycles. The van der Waals surface area contributed by atoms with E-state index in [0.717, 1.165) is 5.69 Å². The van der Waals surface area contributed by atoms with E-state index in [1.54, 1.807) is 9.80 Å². The highest BCUT2D eigenvalue weighted by Gasteiger charge is 2.46. The normalized spacial score (nSPS) is 23.1. The van der Waals surface area contributed by atoms with Crippen LogP contribution in [-0.4, -0.2) is 50.9 Å². The lowest BCUT2D eigenvalue weighted by Gasteiger charge is -2.28. The molecule has 24 heavy (non-hydrogen) atoms. The molecule has 1 fully saturated rings. The maximum absolute atomic E-state index is 12.6.